The van der Waals surface area contributed by atoms with Gasteiger partial charge >= 0.3 is 11.9 Å². The Balaban J connectivity index is 3.14. The Kier molecular flexibility index (Phi) is 12.2. The van der Waals surface area contributed by atoms with E-state index in [9.17, 15) is 9.59 Å². The van der Waals surface area contributed by atoms with Crippen molar-refractivity contribution in [2.45, 2.75) is 69.2 Å². The number of hydrogen-bond acceptors (Lipinski definition) is 3. The summed E-state index contributed by atoms with van der Waals surface area (Å²) < 4.78 is 4.59. The van der Waals surface area contributed by atoms with Crippen molar-refractivity contribution >= 4 is 35.1 Å². The number of alkyl halides is 2. The van der Waals surface area contributed by atoms with Gasteiger partial charge in [-0.25, -0.2) is 0 Å². The van der Waals surface area contributed by atoms with Crippen LogP contribution in [0.1, 0.15) is 64.2 Å². The number of rotatable bonds is 12. The molecule has 0 amide bonds. The van der Waals surface area contributed by atoms with Gasteiger partial charge in [-0.05, 0) is 12.8 Å². The highest BCUT2D eigenvalue weighted by atomic mass is 35.5. The van der Waals surface area contributed by atoms with Gasteiger partial charge in [0.2, 0.25) is 0 Å². The molecule has 0 aliphatic carbocycles. The molecule has 0 saturated carbocycles. The average Bonchev–Trinajstić information content (AvgIpc) is 2.30. The fourth-order valence-electron chi connectivity index (χ4n) is 1.76. The number of unbranched alkanes of at least 4 members (excludes halogenated alkanes) is 7. The van der Waals surface area contributed by atoms with Crippen molar-refractivity contribution in [3.63, 3.8) is 0 Å². The molecule has 0 fully saturated rings. The van der Waals surface area contributed by atoms with E-state index in [4.69, 9.17) is 28.3 Å². The van der Waals surface area contributed by atoms with Crippen LogP contribution in [-0.4, -0.2) is 22.1 Å². The summed E-state index contributed by atoms with van der Waals surface area (Å²) in [5.41, 5.74) is 0. The topological polar surface area (TPSA) is 63.6 Å². The third-order valence-electron chi connectivity index (χ3n) is 2.74. The van der Waals surface area contributed by atoms with Gasteiger partial charge in [0.05, 0.1) is 0 Å². The number of carboxylic acids is 1. The van der Waals surface area contributed by atoms with Crippen LogP contribution >= 0.6 is 23.2 Å². The zero-order valence-corrected chi connectivity index (χ0v) is 12.6. The van der Waals surface area contributed by atoms with E-state index in [0.717, 1.165) is 51.4 Å². The summed E-state index contributed by atoms with van der Waals surface area (Å²) in [5.74, 6) is -1.08. The van der Waals surface area contributed by atoms with Gasteiger partial charge in [-0.2, -0.15) is 0 Å². The SMILES string of the molecule is O=C(O)CCCCCCCCCCC(=O)OC(Cl)Cl. The van der Waals surface area contributed by atoms with Gasteiger partial charge in [-0.3, -0.25) is 9.59 Å². The number of carbonyl (C=O) groups excluding carboxylic acids is 1. The molecule has 0 aliphatic rings. The number of ether oxygens (including phenoxy) is 1. The molecule has 0 atom stereocenters. The second-order valence-corrected chi connectivity index (χ2v) is 5.49. The predicted molar refractivity (Wildman–Crippen MR) is 75.4 cm³/mol. The molecule has 0 saturated heterocycles. The van der Waals surface area contributed by atoms with E-state index in [2.05, 4.69) is 4.74 Å². The van der Waals surface area contributed by atoms with Crippen molar-refractivity contribution in [3.05, 3.63) is 0 Å². The van der Waals surface area contributed by atoms with E-state index in [1.54, 1.807) is 0 Å². The summed E-state index contributed by atoms with van der Waals surface area (Å²) in [6.07, 6.45) is 8.54. The molecule has 0 aromatic carbocycles. The molecule has 0 bridgehead atoms. The summed E-state index contributed by atoms with van der Waals surface area (Å²) in [6, 6.07) is 0. The predicted octanol–water partition coefficient (Wildman–Crippen LogP) is 4.28. The lowest BCUT2D eigenvalue weighted by molar-refractivity contribution is -0.143. The van der Waals surface area contributed by atoms with E-state index in [0.29, 0.717) is 6.42 Å². The highest BCUT2D eigenvalue weighted by molar-refractivity contribution is 6.43. The summed E-state index contributed by atoms with van der Waals surface area (Å²) in [4.78, 5) is 21.4. The van der Waals surface area contributed by atoms with Crippen LogP contribution < -0.4 is 0 Å². The summed E-state index contributed by atoms with van der Waals surface area (Å²) in [6.45, 7) is 0. The zero-order chi connectivity index (χ0) is 14.5. The van der Waals surface area contributed by atoms with Crippen LogP contribution in [0.25, 0.3) is 0 Å². The van der Waals surface area contributed by atoms with E-state index >= 15 is 0 Å². The van der Waals surface area contributed by atoms with E-state index in [1.165, 1.54) is 0 Å². The molecule has 0 radical (unpaired) electrons. The minimum atomic E-state index is -1.07. The molecule has 0 spiro atoms. The highest BCUT2D eigenvalue weighted by Gasteiger charge is 2.06. The number of esters is 1. The monoisotopic (exact) mass is 312 g/mol. The first-order chi connectivity index (χ1) is 9.02. The minimum Gasteiger partial charge on any atom is -0.481 e. The number of carbonyl (C=O) groups is 2. The van der Waals surface area contributed by atoms with Gasteiger partial charge < -0.3 is 9.84 Å². The van der Waals surface area contributed by atoms with Crippen molar-refractivity contribution in [1.29, 1.82) is 0 Å². The van der Waals surface area contributed by atoms with Crippen molar-refractivity contribution in [3.8, 4) is 0 Å². The van der Waals surface area contributed by atoms with Crippen molar-refractivity contribution in [2.75, 3.05) is 0 Å². The molecule has 0 aliphatic heterocycles. The van der Waals surface area contributed by atoms with Crippen LogP contribution in [0.3, 0.4) is 0 Å². The molecule has 4 nitrogen and oxygen atoms in total. The van der Waals surface area contributed by atoms with Gasteiger partial charge in [-0.1, -0.05) is 61.7 Å². The molecule has 0 unspecified atom stereocenters. The lowest BCUT2D eigenvalue weighted by atomic mass is 10.1. The Labute approximate surface area is 124 Å². The maximum Gasteiger partial charge on any atom is 0.308 e. The minimum absolute atomic E-state index is 0.268. The van der Waals surface area contributed by atoms with Crippen LogP contribution in [-0.2, 0) is 14.3 Å². The Hall–Kier alpha value is -0.480. The first-order valence-corrected chi connectivity index (χ1v) is 7.59. The molecule has 0 aromatic rings. The normalized spacial score (nSPS) is 10.7. The number of halogens is 2. The molecule has 6 heteroatoms. The lowest BCUT2D eigenvalue weighted by Crippen LogP contribution is -2.07. The van der Waals surface area contributed by atoms with E-state index in [1.807, 2.05) is 0 Å². The molecular weight excluding hydrogens is 291 g/mol. The van der Waals surface area contributed by atoms with Crippen LogP contribution in [0.4, 0.5) is 0 Å². The standard InChI is InChI=1S/C13H22Cl2O4/c14-13(15)19-12(18)10-8-6-4-2-1-3-5-7-9-11(16)17/h13H,1-10H2,(H,16,17). The van der Waals surface area contributed by atoms with Crippen molar-refractivity contribution < 1.29 is 19.4 Å². The van der Waals surface area contributed by atoms with Crippen LogP contribution in [0.2, 0.25) is 0 Å². The third-order valence-corrected chi connectivity index (χ3v) is 2.92. The summed E-state index contributed by atoms with van der Waals surface area (Å²) >= 11 is 10.6. The van der Waals surface area contributed by atoms with Crippen LogP contribution in [0, 0.1) is 0 Å². The zero-order valence-electron chi connectivity index (χ0n) is 11.1. The molecule has 0 aromatic heterocycles. The lowest BCUT2D eigenvalue weighted by Gasteiger charge is -2.04. The molecule has 1 N–H and O–H groups in total. The highest BCUT2D eigenvalue weighted by Crippen LogP contribution is 2.12. The molecular formula is C13H22Cl2O4. The van der Waals surface area contributed by atoms with Gasteiger partial charge in [0.25, 0.3) is 5.02 Å². The smallest absolute Gasteiger partial charge is 0.308 e. The average molecular weight is 313 g/mol. The first-order valence-electron chi connectivity index (χ1n) is 6.72. The Morgan fingerprint density at radius 3 is 1.68 bits per heavy atom. The van der Waals surface area contributed by atoms with Gasteiger partial charge in [0.1, 0.15) is 0 Å². The fourth-order valence-corrected chi connectivity index (χ4v) is 1.96. The molecule has 112 valence electrons. The van der Waals surface area contributed by atoms with Crippen LogP contribution in [0.5, 0.6) is 0 Å². The summed E-state index contributed by atoms with van der Waals surface area (Å²) in [7, 11) is 0. The first kappa shape index (κ1) is 18.5. The fraction of sp³-hybridized carbons (Fsp3) is 0.846. The van der Waals surface area contributed by atoms with Crippen molar-refractivity contribution in [2.24, 2.45) is 0 Å². The molecule has 0 heterocycles. The maximum atomic E-state index is 11.1. The van der Waals surface area contributed by atoms with Crippen molar-refractivity contribution in [1.82, 2.24) is 0 Å². The maximum absolute atomic E-state index is 11.1. The third kappa shape index (κ3) is 15.5. The van der Waals surface area contributed by atoms with E-state index < -0.39 is 11.0 Å². The van der Waals surface area contributed by atoms with Gasteiger partial charge in [0, 0.05) is 12.8 Å². The number of aliphatic carboxylic acids is 1. The molecule has 0 rings (SSSR count). The summed E-state index contributed by atoms with van der Waals surface area (Å²) in [5, 5.41) is 7.39. The molecule has 19 heavy (non-hydrogen) atoms. The second-order valence-electron chi connectivity index (χ2n) is 4.47. The Morgan fingerprint density at radius 1 is 0.842 bits per heavy atom. The van der Waals surface area contributed by atoms with Gasteiger partial charge in [0.15, 0.2) is 0 Å². The van der Waals surface area contributed by atoms with E-state index in [-0.39, 0.29) is 12.4 Å². The quantitative estimate of drug-likeness (QED) is 0.332. The second kappa shape index (κ2) is 12.5. The van der Waals surface area contributed by atoms with Gasteiger partial charge in [-0.15, -0.1) is 0 Å². The number of hydrogen-bond donors (Lipinski definition) is 1. The Bertz CT molecular complexity index is 257. The Morgan fingerprint density at radius 2 is 1.26 bits per heavy atom. The largest absolute Gasteiger partial charge is 0.481 e. The van der Waals surface area contributed by atoms with Crippen LogP contribution in [0.15, 0.2) is 0 Å². The number of carboxylic acid groups (broad SMARTS) is 1.